The van der Waals surface area contributed by atoms with Crippen LogP contribution in [0.15, 0.2) is 97.2 Å². The smallest absolute Gasteiger partial charge is 0.462 e. The van der Waals surface area contributed by atoms with E-state index >= 15 is 0 Å². The van der Waals surface area contributed by atoms with Crippen molar-refractivity contribution in [1.82, 2.24) is 0 Å². The molecule has 0 rings (SSSR count). The average Bonchev–Trinajstić information content (AvgIpc) is 3.14. The Kier molecular flexibility index (Phi) is 35.0. The third-order valence-corrected chi connectivity index (χ3v) is 8.20. The molecule has 11 heteroatoms. The number of aliphatic hydroxyl groups excluding tert-OH is 2. The largest absolute Gasteiger partial charge is 0.472 e. The van der Waals surface area contributed by atoms with Gasteiger partial charge in [0, 0.05) is 12.8 Å². The fourth-order valence-electron chi connectivity index (χ4n) is 4.35. The van der Waals surface area contributed by atoms with Crippen molar-refractivity contribution in [2.45, 2.75) is 129 Å². The van der Waals surface area contributed by atoms with Crippen LogP contribution < -0.4 is 0 Å². The van der Waals surface area contributed by atoms with Crippen LogP contribution in [0.5, 0.6) is 0 Å². The molecule has 0 aromatic heterocycles. The van der Waals surface area contributed by atoms with Crippen LogP contribution >= 0.6 is 7.82 Å². The zero-order chi connectivity index (χ0) is 39.1. The molecule has 3 atom stereocenters. The lowest BCUT2D eigenvalue weighted by molar-refractivity contribution is -0.161. The van der Waals surface area contributed by atoms with E-state index < -0.39 is 51.8 Å². The average molecular weight is 763 g/mol. The van der Waals surface area contributed by atoms with Crippen LogP contribution in [0.2, 0.25) is 0 Å². The molecule has 0 radical (unpaired) electrons. The van der Waals surface area contributed by atoms with Gasteiger partial charge >= 0.3 is 19.8 Å². The summed E-state index contributed by atoms with van der Waals surface area (Å²) in [6.07, 6.45) is 43.9. The number of phosphoric ester groups is 1. The van der Waals surface area contributed by atoms with Crippen LogP contribution in [0.3, 0.4) is 0 Å². The zero-order valence-electron chi connectivity index (χ0n) is 32.2. The minimum atomic E-state index is -4.64. The molecule has 53 heavy (non-hydrogen) atoms. The third-order valence-electron chi connectivity index (χ3n) is 7.25. The number of aliphatic hydroxyl groups is 2. The van der Waals surface area contributed by atoms with Gasteiger partial charge in [0.05, 0.1) is 19.8 Å². The summed E-state index contributed by atoms with van der Waals surface area (Å²) in [4.78, 5) is 34.8. The first-order chi connectivity index (χ1) is 25.7. The highest BCUT2D eigenvalue weighted by Crippen LogP contribution is 2.43. The first-order valence-corrected chi connectivity index (χ1v) is 20.7. The summed E-state index contributed by atoms with van der Waals surface area (Å²) in [5, 5.41) is 18.3. The lowest BCUT2D eigenvalue weighted by Gasteiger charge is -2.20. The topological polar surface area (TPSA) is 149 Å². The quantitative estimate of drug-likeness (QED) is 0.0250. The molecular formula is C42H67O10P. The number of carbonyl (C=O) groups is 2. The van der Waals surface area contributed by atoms with E-state index in [-0.39, 0.29) is 19.4 Å². The van der Waals surface area contributed by atoms with E-state index in [1.165, 1.54) is 0 Å². The van der Waals surface area contributed by atoms with Crippen molar-refractivity contribution in [1.29, 1.82) is 0 Å². The molecule has 10 nitrogen and oxygen atoms in total. The van der Waals surface area contributed by atoms with Gasteiger partial charge in [0.1, 0.15) is 12.7 Å². The standard InChI is InChI=1S/C42H67O10P/c1-3-5-7-9-11-13-15-17-18-19-20-22-24-26-28-30-32-34-42(46)52-40(38-51-53(47,48)50-36-39(44)35-43)37-49-41(45)33-31-29-27-25-23-21-16-14-12-10-8-6-4-2/h5-8,11-14,17-18,20-23,27,29,39-40,43-44H,3-4,9-10,15-16,19,24-26,28,30-38H2,1-2H3,(H,47,48)/b7-5-,8-6-,13-11-,14-12-,18-17-,22-20-,23-21-,29-27-. The number of carbonyl (C=O) groups excluding carboxylic acids is 2. The lowest BCUT2D eigenvalue weighted by atomic mass is 10.1. The first-order valence-electron chi connectivity index (χ1n) is 19.2. The summed E-state index contributed by atoms with van der Waals surface area (Å²) >= 11 is 0. The molecule has 0 fully saturated rings. The van der Waals surface area contributed by atoms with Gasteiger partial charge in [0.25, 0.3) is 0 Å². The zero-order valence-corrected chi connectivity index (χ0v) is 33.1. The Morgan fingerprint density at radius 1 is 0.566 bits per heavy atom. The number of rotatable bonds is 34. The number of hydrogen-bond acceptors (Lipinski definition) is 9. The Bertz CT molecular complexity index is 1200. The fourth-order valence-corrected chi connectivity index (χ4v) is 5.14. The van der Waals surface area contributed by atoms with E-state index in [0.29, 0.717) is 12.8 Å². The molecule has 0 aliphatic carbocycles. The molecule has 0 amide bonds. The second kappa shape index (κ2) is 37.2. The Morgan fingerprint density at radius 2 is 1.02 bits per heavy atom. The Morgan fingerprint density at radius 3 is 1.53 bits per heavy atom. The molecule has 0 saturated heterocycles. The normalized spacial score (nSPS) is 15.0. The molecular weight excluding hydrogens is 695 g/mol. The molecule has 0 spiro atoms. The summed E-state index contributed by atoms with van der Waals surface area (Å²) in [7, 11) is -4.64. The Balaban J connectivity index is 4.53. The van der Waals surface area contributed by atoms with E-state index in [2.05, 4.69) is 103 Å². The van der Waals surface area contributed by atoms with E-state index in [4.69, 9.17) is 19.1 Å². The maximum Gasteiger partial charge on any atom is 0.472 e. The second-order valence-electron chi connectivity index (χ2n) is 12.2. The number of allylic oxidation sites excluding steroid dienone is 16. The van der Waals surface area contributed by atoms with Crippen LogP contribution in [-0.2, 0) is 32.7 Å². The van der Waals surface area contributed by atoms with Crippen LogP contribution in [0.1, 0.15) is 117 Å². The lowest BCUT2D eigenvalue weighted by Crippen LogP contribution is -2.29. The minimum Gasteiger partial charge on any atom is -0.462 e. The first kappa shape index (κ1) is 49.9. The molecule has 0 saturated carbocycles. The molecule has 0 aliphatic heterocycles. The van der Waals surface area contributed by atoms with Crippen molar-refractivity contribution in [3.05, 3.63) is 97.2 Å². The monoisotopic (exact) mass is 762 g/mol. The highest BCUT2D eigenvalue weighted by Gasteiger charge is 2.27. The second-order valence-corrected chi connectivity index (χ2v) is 13.6. The maximum absolute atomic E-state index is 12.6. The molecule has 0 bridgehead atoms. The van der Waals surface area contributed by atoms with Crippen molar-refractivity contribution in [3.63, 3.8) is 0 Å². The van der Waals surface area contributed by atoms with Crippen molar-refractivity contribution in [3.8, 4) is 0 Å². The number of hydrogen-bond donors (Lipinski definition) is 3. The number of phosphoric acid groups is 1. The maximum atomic E-state index is 12.6. The highest BCUT2D eigenvalue weighted by molar-refractivity contribution is 7.47. The van der Waals surface area contributed by atoms with Gasteiger partial charge in [-0.2, -0.15) is 0 Å². The van der Waals surface area contributed by atoms with E-state index in [0.717, 1.165) is 77.0 Å². The van der Waals surface area contributed by atoms with E-state index in [9.17, 15) is 24.2 Å². The van der Waals surface area contributed by atoms with Crippen molar-refractivity contribution in [2.75, 3.05) is 26.4 Å². The molecule has 3 unspecified atom stereocenters. The van der Waals surface area contributed by atoms with Crippen LogP contribution in [0.25, 0.3) is 0 Å². The fraction of sp³-hybridized carbons (Fsp3) is 0.571. The van der Waals surface area contributed by atoms with Crippen LogP contribution in [-0.4, -0.2) is 65.7 Å². The van der Waals surface area contributed by atoms with Crippen molar-refractivity contribution in [2.24, 2.45) is 0 Å². The molecule has 0 aliphatic rings. The summed E-state index contributed by atoms with van der Waals surface area (Å²) in [5.74, 6) is -1.06. The van der Waals surface area contributed by atoms with E-state index in [1.54, 1.807) is 0 Å². The minimum absolute atomic E-state index is 0.108. The van der Waals surface area contributed by atoms with Gasteiger partial charge in [-0.05, 0) is 77.0 Å². The Hall–Kier alpha value is -3.11. The van der Waals surface area contributed by atoms with Gasteiger partial charge in [-0.15, -0.1) is 0 Å². The van der Waals surface area contributed by atoms with Gasteiger partial charge in [-0.25, -0.2) is 4.57 Å². The summed E-state index contributed by atoms with van der Waals surface area (Å²) in [6.45, 7) is 1.99. The van der Waals surface area contributed by atoms with Gasteiger partial charge in [0.2, 0.25) is 0 Å². The Labute approximate surface area is 319 Å². The van der Waals surface area contributed by atoms with Crippen molar-refractivity contribution >= 4 is 19.8 Å². The summed E-state index contributed by atoms with van der Waals surface area (Å²) in [5.41, 5.74) is 0. The summed E-state index contributed by atoms with van der Waals surface area (Å²) in [6, 6.07) is 0. The van der Waals surface area contributed by atoms with Crippen molar-refractivity contribution < 1.29 is 47.8 Å². The molecule has 0 aromatic rings. The summed E-state index contributed by atoms with van der Waals surface area (Å²) < 4.78 is 32.5. The molecule has 0 aromatic carbocycles. The highest BCUT2D eigenvalue weighted by atomic mass is 31.2. The van der Waals surface area contributed by atoms with Gasteiger partial charge in [-0.3, -0.25) is 18.6 Å². The van der Waals surface area contributed by atoms with E-state index in [1.807, 2.05) is 12.2 Å². The SMILES string of the molecule is CC/C=C\C/C=C\C/C=C\C/C=C\CCCCCCC(=O)OC(COC(=O)CC/C=C\C/C=C\C/C=C\C/C=C\CC)COP(=O)(O)OCC(O)CO. The number of ether oxygens (including phenoxy) is 2. The third kappa shape index (κ3) is 37.0. The van der Waals surface area contributed by atoms with Gasteiger partial charge in [0.15, 0.2) is 6.10 Å². The predicted octanol–water partition coefficient (Wildman–Crippen LogP) is 9.66. The molecule has 0 heterocycles. The van der Waals surface area contributed by atoms with Crippen LogP contribution in [0, 0.1) is 0 Å². The van der Waals surface area contributed by atoms with Crippen LogP contribution in [0.4, 0.5) is 0 Å². The number of unbranched alkanes of at least 4 members (excludes halogenated alkanes) is 4. The molecule has 3 N–H and O–H groups in total. The molecule has 300 valence electrons. The predicted molar refractivity (Wildman–Crippen MR) is 214 cm³/mol. The van der Waals surface area contributed by atoms with Gasteiger partial charge in [-0.1, -0.05) is 124 Å². The van der Waals surface area contributed by atoms with Gasteiger partial charge < -0.3 is 24.6 Å². The number of esters is 2.